The van der Waals surface area contributed by atoms with Crippen LogP contribution in [0.5, 0.6) is 0 Å². The average Bonchev–Trinajstić information content (AvgIpc) is 2.62. The fourth-order valence-electron chi connectivity index (χ4n) is 2.66. The smallest absolute Gasteiger partial charge is 0.238 e. The highest BCUT2D eigenvalue weighted by Gasteiger charge is 2.22. The lowest BCUT2D eigenvalue weighted by Gasteiger charge is -2.30. The molecule has 0 saturated carbocycles. The second kappa shape index (κ2) is 12.1. The van der Waals surface area contributed by atoms with Crippen LogP contribution in [-0.4, -0.2) is 34.4 Å². The van der Waals surface area contributed by atoms with Gasteiger partial charge in [-0.25, -0.2) is 0 Å². The number of nitrogens with zero attached hydrogens (tertiary/aromatic N) is 1. The predicted molar refractivity (Wildman–Crippen MR) is 121 cm³/mol. The lowest BCUT2D eigenvalue weighted by molar-refractivity contribution is -0.119. The largest absolute Gasteiger partial charge is 0.326 e. The minimum Gasteiger partial charge on any atom is -0.326 e. The summed E-state index contributed by atoms with van der Waals surface area (Å²) in [5.74, 6) is 0.000978. The molecule has 1 aliphatic heterocycles. The molecule has 4 heteroatoms. The molecular weight excluding hydrogens is 435 g/mol. The molecule has 0 aliphatic carbocycles. The first kappa shape index (κ1) is 22.6. The Morgan fingerprint density at radius 2 is 2.12 bits per heavy atom. The van der Waals surface area contributed by atoms with E-state index < -0.39 is 0 Å². The molecule has 0 fully saturated rings. The quantitative estimate of drug-likeness (QED) is 0.292. The minimum atomic E-state index is -0.123. The zero-order valence-electron chi connectivity index (χ0n) is 16.2. The van der Waals surface area contributed by atoms with E-state index in [1.54, 1.807) is 6.08 Å². The molecule has 1 heterocycles. The summed E-state index contributed by atoms with van der Waals surface area (Å²) in [7, 11) is 0. The van der Waals surface area contributed by atoms with Gasteiger partial charge in [-0.15, -0.1) is 0 Å². The minimum absolute atomic E-state index is 0.000978. The SMILES string of the molecule is C=CC1=C(/C=C(\C)CC)CN(C[C@@H](I)C(=O)NC(=C)/C=C\C=C/C)CC1. The average molecular weight is 466 g/mol. The molecule has 1 aliphatic rings. The summed E-state index contributed by atoms with van der Waals surface area (Å²) < 4.78 is -0.123. The Bertz CT molecular complexity index is 641. The highest BCUT2D eigenvalue weighted by molar-refractivity contribution is 14.1. The Labute approximate surface area is 172 Å². The number of carbonyl (C=O) groups excluding carboxylic acids is 1. The molecule has 0 aromatic carbocycles. The van der Waals surface area contributed by atoms with Gasteiger partial charge < -0.3 is 5.32 Å². The summed E-state index contributed by atoms with van der Waals surface area (Å²) in [6.07, 6.45) is 13.8. The summed E-state index contributed by atoms with van der Waals surface area (Å²) >= 11 is 2.22. The van der Waals surface area contributed by atoms with Gasteiger partial charge in [-0.2, -0.15) is 0 Å². The van der Waals surface area contributed by atoms with Crippen LogP contribution in [0.4, 0.5) is 0 Å². The number of halogens is 1. The van der Waals surface area contributed by atoms with Gasteiger partial charge in [0.05, 0.1) is 0 Å². The van der Waals surface area contributed by atoms with Crippen LogP contribution in [0.25, 0.3) is 0 Å². The molecule has 0 saturated heterocycles. The van der Waals surface area contributed by atoms with Crippen molar-refractivity contribution in [3.63, 3.8) is 0 Å². The lowest BCUT2D eigenvalue weighted by Crippen LogP contribution is -2.41. The van der Waals surface area contributed by atoms with Crippen molar-refractivity contribution in [3.05, 3.63) is 72.0 Å². The van der Waals surface area contributed by atoms with E-state index in [2.05, 4.69) is 65.9 Å². The molecule has 142 valence electrons. The van der Waals surface area contributed by atoms with E-state index in [0.717, 1.165) is 32.5 Å². The maximum absolute atomic E-state index is 12.4. The number of amides is 1. The van der Waals surface area contributed by atoms with Gasteiger partial charge in [0.1, 0.15) is 3.92 Å². The molecule has 0 radical (unpaired) electrons. The van der Waals surface area contributed by atoms with E-state index in [4.69, 9.17) is 0 Å². The summed E-state index contributed by atoms with van der Waals surface area (Å²) in [5.41, 5.74) is 4.64. The van der Waals surface area contributed by atoms with Gasteiger partial charge in [-0.3, -0.25) is 9.69 Å². The van der Waals surface area contributed by atoms with E-state index in [0.29, 0.717) is 5.70 Å². The van der Waals surface area contributed by atoms with Gasteiger partial charge in [-0.05, 0) is 43.9 Å². The van der Waals surface area contributed by atoms with Crippen LogP contribution in [0.3, 0.4) is 0 Å². The molecular formula is C22H31IN2O. The van der Waals surface area contributed by atoms with Gasteiger partial charge in [0, 0.05) is 25.3 Å². The summed E-state index contributed by atoms with van der Waals surface area (Å²) in [6, 6.07) is 0. The second-order valence-electron chi connectivity index (χ2n) is 6.45. The van der Waals surface area contributed by atoms with Gasteiger partial charge in [0.25, 0.3) is 0 Å². The monoisotopic (exact) mass is 466 g/mol. The summed E-state index contributed by atoms with van der Waals surface area (Å²) in [5, 5.41) is 2.87. The molecule has 3 nitrogen and oxygen atoms in total. The summed E-state index contributed by atoms with van der Waals surface area (Å²) in [4.78, 5) is 14.7. The van der Waals surface area contributed by atoms with Crippen molar-refractivity contribution >= 4 is 28.5 Å². The molecule has 1 N–H and O–H groups in total. The van der Waals surface area contributed by atoms with Crippen LogP contribution in [0, 0.1) is 0 Å². The maximum Gasteiger partial charge on any atom is 0.238 e. The number of carbonyl (C=O) groups is 1. The van der Waals surface area contributed by atoms with Crippen LogP contribution in [0.15, 0.2) is 72.0 Å². The van der Waals surface area contributed by atoms with Crippen molar-refractivity contribution in [1.29, 1.82) is 0 Å². The third-order valence-corrected chi connectivity index (χ3v) is 5.28. The molecule has 1 amide bonds. The highest BCUT2D eigenvalue weighted by Crippen LogP contribution is 2.22. The molecule has 0 aromatic heterocycles. The highest BCUT2D eigenvalue weighted by atomic mass is 127. The molecule has 0 unspecified atom stereocenters. The number of hydrogen-bond acceptors (Lipinski definition) is 2. The Kier molecular flexibility index (Phi) is 10.5. The van der Waals surface area contributed by atoms with Crippen molar-refractivity contribution in [3.8, 4) is 0 Å². The van der Waals surface area contributed by atoms with Gasteiger partial charge >= 0.3 is 0 Å². The third kappa shape index (κ3) is 7.87. The topological polar surface area (TPSA) is 32.3 Å². The first-order valence-corrected chi connectivity index (χ1v) is 10.3. The van der Waals surface area contributed by atoms with Crippen molar-refractivity contribution in [1.82, 2.24) is 10.2 Å². The van der Waals surface area contributed by atoms with Crippen molar-refractivity contribution in [2.45, 2.75) is 37.5 Å². The molecule has 1 atom stereocenters. The Balaban J connectivity index is 2.65. The zero-order chi connectivity index (χ0) is 19.5. The molecule has 0 spiro atoms. The fourth-order valence-corrected chi connectivity index (χ4v) is 3.37. The van der Waals surface area contributed by atoms with Crippen LogP contribution in [0.2, 0.25) is 0 Å². The zero-order valence-corrected chi connectivity index (χ0v) is 18.4. The number of alkyl halides is 1. The predicted octanol–water partition coefficient (Wildman–Crippen LogP) is 5.10. The molecule has 0 aromatic rings. The Hall–Kier alpha value is -1.40. The van der Waals surface area contributed by atoms with E-state index in [1.807, 2.05) is 31.2 Å². The third-order valence-electron chi connectivity index (χ3n) is 4.32. The van der Waals surface area contributed by atoms with Crippen LogP contribution >= 0.6 is 22.6 Å². The van der Waals surface area contributed by atoms with E-state index >= 15 is 0 Å². The first-order chi connectivity index (χ1) is 12.4. The van der Waals surface area contributed by atoms with Crippen LogP contribution < -0.4 is 5.32 Å². The second-order valence-corrected chi connectivity index (χ2v) is 7.95. The van der Waals surface area contributed by atoms with Gasteiger partial charge in [0.15, 0.2) is 0 Å². The molecule has 26 heavy (non-hydrogen) atoms. The summed E-state index contributed by atoms with van der Waals surface area (Å²) in [6.45, 7) is 16.7. The van der Waals surface area contributed by atoms with Crippen molar-refractivity contribution in [2.24, 2.45) is 0 Å². The lowest BCUT2D eigenvalue weighted by atomic mass is 9.97. The maximum atomic E-state index is 12.4. The number of hydrogen-bond donors (Lipinski definition) is 1. The van der Waals surface area contributed by atoms with E-state index in [-0.39, 0.29) is 9.83 Å². The standard InChI is InChI=1S/C22H31IN2O/c1-6-9-10-11-18(5)24-22(26)21(23)16-25-13-12-19(8-3)20(15-25)14-17(4)7-2/h6,8-11,14,21H,3,5,7,12-13,15-16H2,1-2,4H3,(H,24,26)/b9-6-,11-10-,17-14+/t21-/m1/s1. The van der Waals surface area contributed by atoms with Crippen LogP contribution in [0.1, 0.15) is 33.6 Å². The Morgan fingerprint density at radius 1 is 1.38 bits per heavy atom. The number of rotatable bonds is 9. The van der Waals surface area contributed by atoms with Gasteiger partial charge in [-0.1, -0.05) is 78.6 Å². The van der Waals surface area contributed by atoms with Gasteiger partial charge in [0.2, 0.25) is 5.91 Å². The van der Waals surface area contributed by atoms with Crippen molar-refractivity contribution < 1.29 is 4.79 Å². The first-order valence-electron chi connectivity index (χ1n) is 9.08. The van der Waals surface area contributed by atoms with E-state index in [1.165, 1.54) is 16.7 Å². The molecule has 1 rings (SSSR count). The van der Waals surface area contributed by atoms with Crippen molar-refractivity contribution in [2.75, 3.05) is 19.6 Å². The molecule has 0 bridgehead atoms. The van der Waals surface area contributed by atoms with Crippen LogP contribution in [-0.2, 0) is 4.79 Å². The van der Waals surface area contributed by atoms with E-state index in [9.17, 15) is 4.79 Å². The fraction of sp³-hybridized carbons (Fsp3) is 0.409. The normalized spacial score (nSPS) is 17.8. The number of allylic oxidation sites excluding steroid dienone is 6. The number of nitrogens with one attached hydrogen (secondary N) is 1. The Morgan fingerprint density at radius 3 is 2.73 bits per heavy atom.